The SMILES string of the molecule is CC(=O)NCCOC(c1cccc(F)c1-c1cccc(C)c1)[C@@H]1CCCN(C(=O)[C@H]2C[C@@H](N)[C@@H](O)C2)C1. The zero-order valence-electron chi connectivity index (χ0n) is 21.7. The topological polar surface area (TPSA) is 105 Å². The van der Waals surface area contributed by atoms with E-state index in [4.69, 9.17) is 10.5 Å². The highest BCUT2D eigenvalue weighted by molar-refractivity contribution is 5.79. The Morgan fingerprint density at radius 2 is 2.03 bits per heavy atom. The third-order valence-corrected chi connectivity index (χ3v) is 7.56. The van der Waals surface area contributed by atoms with Crippen molar-refractivity contribution >= 4 is 11.8 Å². The summed E-state index contributed by atoms with van der Waals surface area (Å²) in [5.74, 6) is -0.777. The van der Waals surface area contributed by atoms with Crippen molar-refractivity contribution < 1.29 is 23.8 Å². The summed E-state index contributed by atoms with van der Waals surface area (Å²) in [5, 5.41) is 12.8. The highest BCUT2D eigenvalue weighted by Crippen LogP contribution is 2.40. The Morgan fingerprint density at radius 3 is 2.73 bits per heavy atom. The second kappa shape index (κ2) is 12.2. The molecule has 1 saturated heterocycles. The number of benzene rings is 2. The number of rotatable bonds is 8. The minimum Gasteiger partial charge on any atom is -0.391 e. The van der Waals surface area contributed by atoms with Gasteiger partial charge in [0.25, 0.3) is 0 Å². The molecule has 37 heavy (non-hydrogen) atoms. The lowest BCUT2D eigenvalue weighted by molar-refractivity contribution is -0.139. The molecule has 4 rings (SSSR count). The summed E-state index contributed by atoms with van der Waals surface area (Å²) in [6, 6.07) is 12.4. The molecule has 1 unspecified atom stereocenters. The molecule has 2 amide bonds. The minimum absolute atomic E-state index is 0.0202. The van der Waals surface area contributed by atoms with Crippen LogP contribution in [0.2, 0.25) is 0 Å². The van der Waals surface area contributed by atoms with Gasteiger partial charge in [-0.25, -0.2) is 4.39 Å². The molecule has 1 heterocycles. The van der Waals surface area contributed by atoms with Crippen LogP contribution in [0.25, 0.3) is 11.1 Å². The van der Waals surface area contributed by atoms with E-state index in [-0.39, 0.29) is 42.1 Å². The molecule has 8 heteroatoms. The average Bonchev–Trinajstić information content (AvgIpc) is 3.21. The van der Waals surface area contributed by atoms with Crippen molar-refractivity contribution in [2.24, 2.45) is 17.6 Å². The smallest absolute Gasteiger partial charge is 0.225 e. The molecule has 1 aliphatic heterocycles. The van der Waals surface area contributed by atoms with Crippen LogP contribution in [0, 0.1) is 24.6 Å². The molecule has 2 aromatic rings. The minimum atomic E-state index is -0.649. The molecule has 2 aliphatic rings. The molecule has 2 fully saturated rings. The van der Waals surface area contributed by atoms with Gasteiger partial charge in [0.1, 0.15) is 5.82 Å². The fourth-order valence-electron chi connectivity index (χ4n) is 5.74. The maximum Gasteiger partial charge on any atom is 0.225 e. The predicted molar refractivity (Wildman–Crippen MR) is 140 cm³/mol. The van der Waals surface area contributed by atoms with E-state index in [1.165, 1.54) is 13.0 Å². The van der Waals surface area contributed by atoms with Gasteiger partial charge in [0.05, 0.1) is 18.8 Å². The Bertz CT molecular complexity index is 1100. The number of likely N-dealkylation sites (tertiary alicyclic amines) is 1. The van der Waals surface area contributed by atoms with E-state index < -0.39 is 12.2 Å². The first kappa shape index (κ1) is 27.2. The lowest BCUT2D eigenvalue weighted by atomic mass is 9.84. The molecule has 1 aliphatic carbocycles. The van der Waals surface area contributed by atoms with E-state index in [1.54, 1.807) is 6.07 Å². The maximum absolute atomic E-state index is 15.4. The predicted octanol–water partition coefficient (Wildman–Crippen LogP) is 3.33. The van der Waals surface area contributed by atoms with Gasteiger partial charge in [-0.1, -0.05) is 42.0 Å². The number of ether oxygens (including phenoxy) is 1. The van der Waals surface area contributed by atoms with Gasteiger partial charge in [-0.3, -0.25) is 9.59 Å². The number of hydrogen-bond donors (Lipinski definition) is 3. The van der Waals surface area contributed by atoms with Gasteiger partial charge in [0, 0.05) is 50.0 Å². The van der Waals surface area contributed by atoms with Gasteiger partial charge in [-0.15, -0.1) is 0 Å². The molecule has 7 nitrogen and oxygen atoms in total. The summed E-state index contributed by atoms with van der Waals surface area (Å²) in [7, 11) is 0. The number of carbonyl (C=O) groups excluding carboxylic acids is 2. The van der Waals surface area contributed by atoms with Crippen molar-refractivity contribution in [1.29, 1.82) is 0 Å². The van der Waals surface area contributed by atoms with Crippen LogP contribution in [0.3, 0.4) is 0 Å². The number of aliphatic hydroxyl groups is 1. The Morgan fingerprint density at radius 1 is 1.24 bits per heavy atom. The number of halogens is 1. The Kier molecular flexibility index (Phi) is 8.95. The molecule has 1 saturated carbocycles. The van der Waals surface area contributed by atoms with Crippen molar-refractivity contribution in [2.45, 2.75) is 57.8 Å². The lowest BCUT2D eigenvalue weighted by Gasteiger charge is -2.38. The van der Waals surface area contributed by atoms with E-state index >= 15 is 4.39 Å². The summed E-state index contributed by atoms with van der Waals surface area (Å²) in [5.41, 5.74) is 9.02. The number of amides is 2. The first-order chi connectivity index (χ1) is 17.7. The zero-order chi connectivity index (χ0) is 26.5. The van der Waals surface area contributed by atoms with Gasteiger partial charge in [-0.2, -0.15) is 0 Å². The van der Waals surface area contributed by atoms with Crippen molar-refractivity contribution in [2.75, 3.05) is 26.2 Å². The molecule has 2 aromatic carbocycles. The number of nitrogens with two attached hydrogens (primary N) is 1. The number of nitrogens with one attached hydrogen (secondary N) is 1. The van der Waals surface area contributed by atoms with Crippen LogP contribution in [-0.2, 0) is 14.3 Å². The van der Waals surface area contributed by atoms with E-state index in [2.05, 4.69) is 5.32 Å². The third-order valence-electron chi connectivity index (χ3n) is 7.56. The molecule has 4 N–H and O–H groups in total. The number of nitrogens with zero attached hydrogens (tertiary/aromatic N) is 1. The van der Waals surface area contributed by atoms with Gasteiger partial charge in [0.2, 0.25) is 11.8 Å². The van der Waals surface area contributed by atoms with Gasteiger partial charge >= 0.3 is 0 Å². The largest absolute Gasteiger partial charge is 0.391 e. The molecular formula is C29H38FN3O4. The summed E-state index contributed by atoms with van der Waals surface area (Å²) in [4.78, 5) is 26.6. The van der Waals surface area contributed by atoms with Gasteiger partial charge < -0.3 is 25.8 Å². The number of aryl methyl sites for hydroxylation is 1. The van der Waals surface area contributed by atoms with Crippen LogP contribution in [0.1, 0.15) is 49.8 Å². The first-order valence-electron chi connectivity index (χ1n) is 13.2. The summed E-state index contributed by atoms with van der Waals surface area (Å²) in [6.45, 7) is 5.16. The Balaban J connectivity index is 1.62. The van der Waals surface area contributed by atoms with E-state index in [9.17, 15) is 14.7 Å². The van der Waals surface area contributed by atoms with Crippen LogP contribution in [-0.4, -0.2) is 60.2 Å². The number of aliphatic hydroxyl groups excluding tert-OH is 1. The van der Waals surface area contributed by atoms with Crippen molar-refractivity contribution in [3.63, 3.8) is 0 Å². The summed E-state index contributed by atoms with van der Waals surface area (Å²) < 4.78 is 21.7. The molecule has 0 aromatic heterocycles. The Labute approximate surface area is 218 Å². The summed E-state index contributed by atoms with van der Waals surface area (Å²) >= 11 is 0. The standard InChI is InChI=1S/C29H38FN3O4/c1-18-6-3-7-20(14-18)27-23(9-4-10-24(27)30)28(37-13-11-32-19(2)34)21-8-5-12-33(17-21)29(36)22-15-25(31)26(35)16-22/h3-4,6-7,9-10,14,21-22,25-26,28,35H,5,8,11-13,15-17,31H2,1-2H3,(H,32,34)/t21-,22+,25-,26+,28?/m1/s1. The summed E-state index contributed by atoms with van der Waals surface area (Å²) in [6.07, 6.45) is 1.39. The molecule has 0 radical (unpaired) electrons. The fourth-order valence-corrected chi connectivity index (χ4v) is 5.74. The van der Waals surface area contributed by atoms with Crippen LogP contribution in [0.5, 0.6) is 0 Å². The van der Waals surface area contributed by atoms with Crippen molar-refractivity contribution in [3.05, 3.63) is 59.4 Å². The van der Waals surface area contributed by atoms with Crippen LogP contribution in [0.4, 0.5) is 4.39 Å². The first-order valence-corrected chi connectivity index (χ1v) is 13.2. The van der Waals surface area contributed by atoms with Gasteiger partial charge in [0.15, 0.2) is 0 Å². The average molecular weight is 512 g/mol. The maximum atomic E-state index is 15.4. The molecule has 0 spiro atoms. The fraction of sp³-hybridized carbons (Fsp3) is 0.517. The second-order valence-electron chi connectivity index (χ2n) is 10.4. The van der Waals surface area contributed by atoms with E-state index in [1.807, 2.05) is 42.2 Å². The van der Waals surface area contributed by atoms with Gasteiger partial charge in [-0.05, 0) is 49.8 Å². The normalized spacial score (nSPS) is 24.6. The van der Waals surface area contributed by atoms with E-state index in [0.29, 0.717) is 38.0 Å². The van der Waals surface area contributed by atoms with Crippen LogP contribution >= 0.6 is 0 Å². The lowest BCUT2D eigenvalue weighted by Crippen LogP contribution is -2.44. The van der Waals surface area contributed by atoms with Crippen molar-refractivity contribution in [1.82, 2.24) is 10.2 Å². The van der Waals surface area contributed by atoms with E-state index in [0.717, 1.165) is 29.5 Å². The monoisotopic (exact) mass is 511 g/mol. The quantitative estimate of drug-likeness (QED) is 0.472. The van der Waals surface area contributed by atoms with Crippen LogP contribution < -0.4 is 11.1 Å². The Hall–Kier alpha value is -2.81. The second-order valence-corrected chi connectivity index (χ2v) is 10.4. The van der Waals surface area contributed by atoms with Crippen LogP contribution in [0.15, 0.2) is 42.5 Å². The third kappa shape index (κ3) is 6.55. The number of piperidine rings is 1. The highest BCUT2D eigenvalue weighted by Gasteiger charge is 2.39. The molecule has 200 valence electrons. The van der Waals surface area contributed by atoms with Crippen molar-refractivity contribution in [3.8, 4) is 11.1 Å². The molecular weight excluding hydrogens is 473 g/mol. The zero-order valence-corrected chi connectivity index (χ0v) is 21.7. The molecule has 5 atom stereocenters. The molecule has 0 bridgehead atoms. The number of carbonyl (C=O) groups is 2. The number of hydrogen-bond acceptors (Lipinski definition) is 5. The highest BCUT2D eigenvalue weighted by atomic mass is 19.1.